The molecule has 0 saturated carbocycles. The number of imide groups is 2. The zero-order valence-electron chi connectivity index (χ0n) is 13.5. The van der Waals surface area contributed by atoms with Crippen LogP contribution in [0.4, 0.5) is 10.5 Å². The van der Waals surface area contributed by atoms with Gasteiger partial charge in [0, 0.05) is 7.05 Å². The maximum Gasteiger partial charge on any atom is 0.390 e. The predicted octanol–water partition coefficient (Wildman–Crippen LogP) is 2.51. The number of rotatable bonds is 3. The Bertz CT molecular complexity index is 874. The smallest absolute Gasteiger partial charge is 0.289 e. The first-order valence-corrected chi connectivity index (χ1v) is 7.65. The van der Waals surface area contributed by atoms with Crippen LogP contribution in [0.1, 0.15) is 5.56 Å². The number of urea groups is 1. The molecule has 0 aromatic heterocycles. The van der Waals surface area contributed by atoms with Crippen molar-refractivity contribution in [3.8, 4) is 0 Å². The molecule has 2 aromatic carbocycles. The van der Waals surface area contributed by atoms with Gasteiger partial charge in [-0.3, -0.25) is 19.3 Å². The van der Waals surface area contributed by atoms with Crippen molar-refractivity contribution in [2.45, 2.75) is 12.0 Å². The molecule has 0 spiro atoms. The van der Waals surface area contributed by atoms with Crippen LogP contribution in [0.5, 0.6) is 0 Å². The van der Waals surface area contributed by atoms with Crippen LogP contribution in [0.25, 0.3) is 4.85 Å². The Morgan fingerprint density at radius 3 is 2.04 bits per heavy atom. The molecule has 1 atom stereocenters. The van der Waals surface area contributed by atoms with Crippen LogP contribution in [0, 0.1) is 6.57 Å². The highest BCUT2D eigenvalue weighted by Crippen LogP contribution is 2.31. The van der Waals surface area contributed by atoms with Crippen LogP contribution < -0.4 is 4.90 Å². The standard InChI is InChI=1S/C19H15N3O3/c1-20-19(13-14-9-5-3-6-10-14)16(23)21(2)18(25)22(17(19)24)15-11-7-4-8-12-15/h3-12H,13H2,2H3. The normalized spacial score (nSPS) is 20.6. The third kappa shape index (κ3) is 2.56. The van der Waals surface area contributed by atoms with Gasteiger partial charge in [-0.05, 0) is 17.7 Å². The van der Waals surface area contributed by atoms with Gasteiger partial charge in [0.05, 0.1) is 12.1 Å². The molecule has 2 aromatic rings. The van der Waals surface area contributed by atoms with Crippen molar-refractivity contribution in [3.63, 3.8) is 0 Å². The molecule has 1 aliphatic heterocycles. The number of barbiturate groups is 1. The van der Waals surface area contributed by atoms with Crippen LogP contribution in [0.2, 0.25) is 0 Å². The number of carbonyl (C=O) groups excluding carboxylic acids is 3. The number of nitrogens with zero attached hydrogens (tertiary/aromatic N) is 3. The van der Waals surface area contributed by atoms with E-state index in [1.54, 1.807) is 54.6 Å². The van der Waals surface area contributed by atoms with E-state index in [2.05, 4.69) is 4.85 Å². The second kappa shape index (κ2) is 6.21. The van der Waals surface area contributed by atoms with Gasteiger partial charge in [0.1, 0.15) is 0 Å². The molecule has 4 amide bonds. The van der Waals surface area contributed by atoms with Crippen LogP contribution in [0.15, 0.2) is 60.7 Å². The van der Waals surface area contributed by atoms with Gasteiger partial charge in [-0.2, -0.15) is 0 Å². The van der Waals surface area contributed by atoms with Crippen molar-refractivity contribution in [1.82, 2.24) is 4.90 Å². The average Bonchev–Trinajstić information content (AvgIpc) is 2.65. The molecule has 25 heavy (non-hydrogen) atoms. The van der Waals surface area contributed by atoms with Crippen molar-refractivity contribution in [1.29, 1.82) is 0 Å². The van der Waals surface area contributed by atoms with Crippen LogP contribution in [0.3, 0.4) is 0 Å². The average molecular weight is 333 g/mol. The van der Waals surface area contributed by atoms with Gasteiger partial charge in [0.25, 0.3) is 0 Å². The molecule has 124 valence electrons. The van der Waals surface area contributed by atoms with Gasteiger partial charge in [-0.25, -0.2) is 16.3 Å². The lowest BCUT2D eigenvalue weighted by Crippen LogP contribution is -2.67. The second-order valence-corrected chi connectivity index (χ2v) is 5.76. The van der Waals surface area contributed by atoms with Crippen molar-refractivity contribution in [2.24, 2.45) is 0 Å². The molecule has 1 heterocycles. The summed E-state index contributed by atoms with van der Waals surface area (Å²) in [6, 6.07) is 16.4. The van der Waals surface area contributed by atoms with E-state index in [4.69, 9.17) is 6.57 Å². The number of benzene rings is 2. The Hall–Kier alpha value is -3.46. The Morgan fingerprint density at radius 1 is 0.920 bits per heavy atom. The summed E-state index contributed by atoms with van der Waals surface area (Å²) >= 11 is 0. The molecule has 3 rings (SSSR count). The summed E-state index contributed by atoms with van der Waals surface area (Å²) in [4.78, 5) is 43.5. The fourth-order valence-corrected chi connectivity index (χ4v) is 2.86. The van der Waals surface area contributed by atoms with E-state index in [0.717, 1.165) is 9.80 Å². The maximum atomic E-state index is 13.1. The molecule has 1 unspecified atom stereocenters. The highest BCUT2D eigenvalue weighted by molar-refractivity contribution is 6.33. The van der Waals surface area contributed by atoms with E-state index >= 15 is 0 Å². The lowest BCUT2D eigenvalue weighted by atomic mass is 9.86. The number of amides is 4. The largest absolute Gasteiger partial charge is 0.390 e. The summed E-state index contributed by atoms with van der Waals surface area (Å²) in [5.74, 6) is -1.61. The highest BCUT2D eigenvalue weighted by Gasteiger charge is 2.63. The summed E-state index contributed by atoms with van der Waals surface area (Å²) in [6.45, 7) is 7.58. The first-order valence-electron chi connectivity index (χ1n) is 7.65. The molecule has 0 N–H and O–H groups in total. The lowest BCUT2D eigenvalue weighted by molar-refractivity contribution is -0.140. The summed E-state index contributed by atoms with van der Waals surface area (Å²) in [5, 5.41) is 0. The van der Waals surface area contributed by atoms with Crippen LogP contribution in [-0.4, -0.2) is 35.3 Å². The molecular formula is C19H15N3O3. The summed E-state index contributed by atoms with van der Waals surface area (Å²) in [7, 11) is 1.29. The fraction of sp³-hybridized carbons (Fsp3) is 0.158. The maximum absolute atomic E-state index is 13.1. The summed E-state index contributed by atoms with van der Waals surface area (Å²) in [6.07, 6.45) is -0.0873. The van der Waals surface area contributed by atoms with Gasteiger partial charge < -0.3 is 0 Å². The summed E-state index contributed by atoms with van der Waals surface area (Å²) < 4.78 is 0. The van der Waals surface area contributed by atoms with E-state index < -0.39 is 23.4 Å². The van der Waals surface area contributed by atoms with Crippen molar-refractivity contribution in [2.75, 3.05) is 11.9 Å². The van der Waals surface area contributed by atoms with Crippen molar-refractivity contribution >= 4 is 23.5 Å². The minimum atomic E-state index is -1.99. The molecule has 6 nitrogen and oxygen atoms in total. The van der Waals surface area contributed by atoms with E-state index in [0.29, 0.717) is 11.3 Å². The van der Waals surface area contributed by atoms with E-state index in [1.807, 2.05) is 6.07 Å². The van der Waals surface area contributed by atoms with E-state index in [1.165, 1.54) is 7.05 Å². The second-order valence-electron chi connectivity index (χ2n) is 5.76. The number of carbonyl (C=O) groups is 3. The third-order valence-corrected chi connectivity index (χ3v) is 4.20. The van der Waals surface area contributed by atoms with Crippen LogP contribution in [-0.2, 0) is 16.0 Å². The number of hydrogen-bond acceptors (Lipinski definition) is 3. The van der Waals surface area contributed by atoms with Crippen LogP contribution >= 0.6 is 0 Å². The Labute approximate surface area is 145 Å². The predicted molar refractivity (Wildman–Crippen MR) is 91.6 cm³/mol. The molecular weight excluding hydrogens is 318 g/mol. The minimum absolute atomic E-state index is 0.0873. The first kappa shape index (κ1) is 16.4. The van der Waals surface area contributed by atoms with Gasteiger partial charge in [-0.1, -0.05) is 48.5 Å². The molecule has 0 aliphatic carbocycles. The highest BCUT2D eigenvalue weighted by atomic mass is 16.2. The SMILES string of the molecule is [C-]#[N+]C1(Cc2ccccc2)C(=O)N(C)C(=O)N(c2ccccc2)C1=O. The van der Waals surface area contributed by atoms with Gasteiger partial charge in [-0.15, -0.1) is 0 Å². The zero-order valence-corrected chi connectivity index (χ0v) is 13.5. The lowest BCUT2D eigenvalue weighted by Gasteiger charge is -2.36. The van der Waals surface area contributed by atoms with Gasteiger partial charge in [0.15, 0.2) is 0 Å². The number of likely N-dealkylation sites (N-methyl/N-ethyl adjacent to an activating group) is 1. The Kier molecular flexibility index (Phi) is 4.07. The van der Waals surface area contributed by atoms with Crippen molar-refractivity contribution in [3.05, 3.63) is 77.6 Å². The van der Waals surface area contributed by atoms with E-state index in [9.17, 15) is 14.4 Å². The number of hydrogen-bond donors (Lipinski definition) is 0. The summed E-state index contributed by atoms with van der Waals surface area (Å²) in [5.41, 5.74) is -0.978. The van der Waals surface area contributed by atoms with Gasteiger partial charge >= 0.3 is 23.4 Å². The molecule has 0 radical (unpaired) electrons. The molecule has 1 aliphatic rings. The van der Waals surface area contributed by atoms with Crippen molar-refractivity contribution < 1.29 is 14.4 Å². The topological polar surface area (TPSA) is 62.1 Å². The molecule has 6 heteroatoms. The molecule has 0 bridgehead atoms. The quantitative estimate of drug-likeness (QED) is 0.640. The zero-order chi connectivity index (χ0) is 18.0. The molecule has 1 saturated heterocycles. The Balaban J connectivity index is 2.11. The van der Waals surface area contributed by atoms with Gasteiger partial charge in [0.2, 0.25) is 0 Å². The number of anilines is 1. The van der Waals surface area contributed by atoms with E-state index in [-0.39, 0.29) is 6.42 Å². The molecule has 1 fully saturated rings. The monoisotopic (exact) mass is 333 g/mol. The number of para-hydroxylation sites is 1. The fourth-order valence-electron chi connectivity index (χ4n) is 2.86. The minimum Gasteiger partial charge on any atom is -0.289 e. The first-order chi connectivity index (χ1) is 12.0. The third-order valence-electron chi connectivity index (χ3n) is 4.20. The Morgan fingerprint density at radius 2 is 1.48 bits per heavy atom.